The number of rotatable bonds is 5. The molecule has 4 rings (SSSR count). The van der Waals surface area contributed by atoms with Gasteiger partial charge in [-0.2, -0.15) is 8.42 Å². The number of Topliss-reactive ketones (excluding diaryl/α,β-unsaturated/α-hetero) is 1. The third-order valence-electron chi connectivity index (χ3n) is 6.08. The Bertz CT molecular complexity index is 1020. The van der Waals surface area contributed by atoms with Crippen molar-refractivity contribution in [2.24, 2.45) is 11.8 Å². The van der Waals surface area contributed by atoms with E-state index in [9.17, 15) is 9.90 Å². The lowest BCUT2D eigenvalue weighted by atomic mass is 9.85. The van der Waals surface area contributed by atoms with E-state index in [-0.39, 0.29) is 17.5 Å². The highest BCUT2D eigenvalue weighted by Crippen LogP contribution is 2.39. The molecule has 0 bridgehead atoms. The summed E-state index contributed by atoms with van der Waals surface area (Å²) in [6.45, 7) is 3.21. The van der Waals surface area contributed by atoms with Gasteiger partial charge in [0.25, 0.3) is 0 Å². The Morgan fingerprint density at radius 1 is 1.09 bits per heavy atom. The number of phenolic OH excluding ortho intramolecular Hbond substituents is 1. The standard InChI is InChI=1S/C23H27NO3.H2O4S/c1-27-22-14-20-18(13-21(22)25)12-19(23(20)26)11-16-7-9-24(10-8-16)15-17-5-3-2-4-6-17;1-5(2,3)4/h2-6,13-14,16,19,25H,7-12,15H2,1H3;(H2,1,2,3,4). The van der Waals surface area contributed by atoms with Gasteiger partial charge in [-0.05, 0) is 68.0 Å². The van der Waals surface area contributed by atoms with Gasteiger partial charge in [0.05, 0.1) is 7.11 Å². The first-order valence-corrected chi connectivity index (χ1v) is 11.9. The van der Waals surface area contributed by atoms with Gasteiger partial charge in [0.15, 0.2) is 17.3 Å². The van der Waals surface area contributed by atoms with Gasteiger partial charge >= 0.3 is 10.4 Å². The smallest absolute Gasteiger partial charge is 0.394 e. The molecule has 1 atom stereocenters. The van der Waals surface area contributed by atoms with Crippen LogP contribution in [0.1, 0.15) is 40.7 Å². The van der Waals surface area contributed by atoms with Crippen LogP contribution in [0.5, 0.6) is 11.5 Å². The lowest BCUT2D eigenvalue weighted by Crippen LogP contribution is -2.34. The SMILES string of the molecule is COc1cc2c(cc1O)CC(CC1CCN(Cc3ccccc3)CC1)C2=O.O=S(=O)(O)O. The number of methoxy groups -OCH3 is 1. The van der Waals surface area contributed by atoms with E-state index in [4.69, 9.17) is 22.3 Å². The van der Waals surface area contributed by atoms with Crippen molar-refractivity contribution in [1.29, 1.82) is 0 Å². The summed E-state index contributed by atoms with van der Waals surface area (Å²) in [6.07, 6.45) is 4.01. The van der Waals surface area contributed by atoms with Gasteiger partial charge in [0.1, 0.15) is 0 Å². The molecule has 1 aliphatic heterocycles. The lowest BCUT2D eigenvalue weighted by molar-refractivity contribution is 0.0895. The topological polar surface area (TPSA) is 124 Å². The molecule has 2 aliphatic rings. The number of piperidine rings is 1. The molecule has 0 spiro atoms. The number of aromatic hydroxyl groups is 1. The van der Waals surface area contributed by atoms with Crippen molar-refractivity contribution in [2.45, 2.75) is 32.2 Å². The fourth-order valence-electron chi connectivity index (χ4n) is 4.57. The van der Waals surface area contributed by atoms with Crippen LogP contribution in [-0.2, 0) is 23.4 Å². The predicted octanol–water partition coefficient (Wildman–Crippen LogP) is 3.41. The summed E-state index contributed by atoms with van der Waals surface area (Å²) in [6, 6.07) is 14.0. The molecule has 0 saturated carbocycles. The first kappa shape index (κ1) is 24.2. The molecule has 2 aromatic carbocycles. The number of nitrogens with zero attached hydrogens (tertiary/aromatic N) is 1. The molecule has 9 heteroatoms. The molecular formula is C23H29NO7S. The zero-order valence-corrected chi connectivity index (χ0v) is 18.8. The van der Waals surface area contributed by atoms with Crippen LogP contribution >= 0.6 is 0 Å². The van der Waals surface area contributed by atoms with Crippen LogP contribution in [0.4, 0.5) is 0 Å². The van der Waals surface area contributed by atoms with Crippen LogP contribution in [0.25, 0.3) is 0 Å². The number of carbonyl (C=O) groups is 1. The molecule has 1 saturated heterocycles. The molecule has 0 radical (unpaired) electrons. The first-order valence-electron chi connectivity index (χ1n) is 10.5. The van der Waals surface area contributed by atoms with Crippen molar-refractivity contribution >= 4 is 16.2 Å². The van der Waals surface area contributed by atoms with Gasteiger partial charge < -0.3 is 9.84 Å². The number of fused-ring (bicyclic) bond motifs is 1. The molecule has 0 amide bonds. The molecule has 3 N–H and O–H groups in total. The second-order valence-corrected chi connectivity index (χ2v) is 9.23. The lowest BCUT2D eigenvalue weighted by Gasteiger charge is -2.32. The molecule has 32 heavy (non-hydrogen) atoms. The van der Waals surface area contributed by atoms with E-state index in [2.05, 4.69) is 35.2 Å². The number of likely N-dealkylation sites (tertiary alicyclic amines) is 1. The summed E-state index contributed by atoms with van der Waals surface area (Å²) in [5.41, 5.74) is 3.06. The summed E-state index contributed by atoms with van der Waals surface area (Å²) in [7, 11) is -3.15. The molecule has 2 aromatic rings. The molecule has 174 valence electrons. The highest BCUT2D eigenvalue weighted by molar-refractivity contribution is 7.79. The van der Waals surface area contributed by atoms with Gasteiger partial charge in [0, 0.05) is 18.0 Å². The predicted molar refractivity (Wildman–Crippen MR) is 119 cm³/mol. The zero-order chi connectivity index (χ0) is 23.3. The van der Waals surface area contributed by atoms with E-state index < -0.39 is 10.4 Å². The monoisotopic (exact) mass is 463 g/mol. The summed E-state index contributed by atoms with van der Waals surface area (Å²) < 4.78 is 36.7. The van der Waals surface area contributed by atoms with Crippen LogP contribution in [0.15, 0.2) is 42.5 Å². The number of phenols is 1. The average molecular weight is 464 g/mol. The maximum absolute atomic E-state index is 12.8. The van der Waals surface area contributed by atoms with Crippen LogP contribution in [0.3, 0.4) is 0 Å². The second-order valence-electron chi connectivity index (χ2n) is 8.34. The quantitative estimate of drug-likeness (QED) is 0.576. The van der Waals surface area contributed by atoms with Crippen molar-refractivity contribution in [3.63, 3.8) is 0 Å². The van der Waals surface area contributed by atoms with Gasteiger partial charge in [-0.15, -0.1) is 0 Å². The van der Waals surface area contributed by atoms with Crippen molar-refractivity contribution in [2.75, 3.05) is 20.2 Å². The normalized spacial score (nSPS) is 19.2. The van der Waals surface area contributed by atoms with Crippen molar-refractivity contribution < 1.29 is 32.2 Å². The maximum Gasteiger partial charge on any atom is 0.394 e. The van der Waals surface area contributed by atoms with Crippen LogP contribution < -0.4 is 4.74 Å². The Labute approximate surface area is 188 Å². The molecule has 1 heterocycles. The van der Waals surface area contributed by atoms with Gasteiger partial charge in [-0.3, -0.25) is 18.8 Å². The maximum atomic E-state index is 12.8. The molecule has 1 aliphatic carbocycles. The number of benzene rings is 2. The first-order chi connectivity index (χ1) is 15.1. The number of carbonyl (C=O) groups excluding carboxylic acids is 1. The summed E-state index contributed by atoms with van der Waals surface area (Å²) in [4.78, 5) is 15.3. The van der Waals surface area contributed by atoms with E-state index >= 15 is 0 Å². The Morgan fingerprint density at radius 3 is 2.31 bits per heavy atom. The Hall–Kier alpha value is -2.46. The minimum Gasteiger partial charge on any atom is -0.504 e. The van der Waals surface area contributed by atoms with Gasteiger partial charge in [0.2, 0.25) is 0 Å². The molecule has 8 nitrogen and oxygen atoms in total. The zero-order valence-electron chi connectivity index (χ0n) is 18.0. The van der Waals surface area contributed by atoms with E-state index in [1.165, 1.54) is 12.7 Å². The Morgan fingerprint density at radius 2 is 1.72 bits per heavy atom. The number of ketones is 1. The fraction of sp³-hybridized carbons (Fsp3) is 0.435. The van der Waals surface area contributed by atoms with Gasteiger partial charge in [-0.1, -0.05) is 30.3 Å². The minimum atomic E-state index is -4.67. The summed E-state index contributed by atoms with van der Waals surface area (Å²) in [5, 5.41) is 9.98. The van der Waals surface area contributed by atoms with Crippen LogP contribution in [-0.4, -0.2) is 53.5 Å². The number of hydrogen-bond donors (Lipinski definition) is 3. The summed E-state index contributed by atoms with van der Waals surface area (Å²) in [5.74, 6) is 1.39. The summed E-state index contributed by atoms with van der Waals surface area (Å²) >= 11 is 0. The van der Waals surface area contributed by atoms with Crippen molar-refractivity contribution in [1.82, 2.24) is 4.90 Å². The highest BCUT2D eigenvalue weighted by Gasteiger charge is 2.34. The van der Waals surface area contributed by atoms with Crippen molar-refractivity contribution in [3.05, 3.63) is 59.2 Å². The average Bonchev–Trinajstić information content (AvgIpc) is 3.02. The highest BCUT2D eigenvalue weighted by atomic mass is 32.3. The molecular weight excluding hydrogens is 434 g/mol. The van der Waals surface area contributed by atoms with Crippen LogP contribution in [0, 0.1) is 11.8 Å². The fourth-order valence-corrected chi connectivity index (χ4v) is 4.57. The van der Waals surface area contributed by atoms with Gasteiger partial charge in [-0.25, -0.2) is 0 Å². The van der Waals surface area contributed by atoms with E-state index in [1.807, 2.05) is 0 Å². The minimum absolute atomic E-state index is 0.0529. The third-order valence-corrected chi connectivity index (χ3v) is 6.08. The Balaban J connectivity index is 0.000000523. The van der Waals surface area contributed by atoms with Crippen LogP contribution in [0.2, 0.25) is 0 Å². The number of hydrogen-bond acceptors (Lipinski definition) is 6. The molecule has 1 unspecified atom stereocenters. The molecule has 0 aromatic heterocycles. The Kier molecular flexibility index (Phi) is 7.89. The van der Waals surface area contributed by atoms with E-state index in [0.717, 1.165) is 56.4 Å². The largest absolute Gasteiger partial charge is 0.504 e. The third kappa shape index (κ3) is 6.77. The second kappa shape index (κ2) is 10.4. The molecule has 1 fully saturated rings. The number of ether oxygens (including phenoxy) is 1. The van der Waals surface area contributed by atoms with E-state index in [0.29, 0.717) is 11.7 Å². The van der Waals surface area contributed by atoms with Crippen molar-refractivity contribution in [3.8, 4) is 11.5 Å². The van der Waals surface area contributed by atoms with E-state index in [1.54, 1.807) is 12.1 Å².